The Kier molecular flexibility index (Phi) is 4.42. The monoisotopic (exact) mass is 333 g/mol. The van der Waals surface area contributed by atoms with Gasteiger partial charge in [0, 0.05) is 25.0 Å². The predicted molar refractivity (Wildman–Crippen MR) is 87.4 cm³/mol. The van der Waals surface area contributed by atoms with Gasteiger partial charge in [0.15, 0.2) is 5.13 Å². The molecule has 0 aliphatic carbocycles. The number of thiazole rings is 1. The fourth-order valence-corrected chi connectivity index (χ4v) is 3.53. The standard InChI is InChI=1S/C15H19N5O2S/c1-10-6-16-19(7-10)8-12-4-3-5-20(12)14(22)13-9-23-15(18-13)17-11(2)21/h6-7,9,12H,3-5,8H2,1-2H3,(H,17,18,21)/t12-/m1/s1. The second-order valence-electron chi connectivity index (χ2n) is 5.75. The lowest BCUT2D eigenvalue weighted by atomic mass is 10.2. The summed E-state index contributed by atoms with van der Waals surface area (Å²) in [7, 11) is 0. The van der Waals surface area contributed by atoms with Crippen LogP contribution in [0.5, 0.6) is 0 Å². The lowest BCUT2D eigenvalue weighted by Gasteiger charge is -2.23. The van der Waals surface area contributed by atoms with E-state index in [0.717, 1.165) is 24.9 Å². The van der Waals surface area contributed by atoms with Crippen molar-refractivity contribution in [2.45, 2.75) is 39.3 Å². The van der Waals surface area contributed by atoms with Gasteiger partial charge in [-0.15, -0.1) is 11.3 Å². The van der Waals surface area contributed by atoms with Crippen LogP contribution in [0.15, 0.2) is 17.8 Å². The number of carbonyl (C=O) groups excluding carboxylic acids is 2. The average molecular weight is 333 g/mol. The van der Waals surface area contributed by atoms with Gasteiger partial charge in [0.1, 0.15) is 5.69 Å². The molecule has 122 valence electrons. The van der Waals surface area contributed by atoms with E-state index in [4.69, 9.17) is 0 Å². The molecular formula is C15H19N5O2S. The van der Waals surface area contributed by atoms with E-state index in [9.17, 15) is 9.59 Å². The van der Waals surface area contributed by atoms with Crippen LogP contribution in [-0.2, 0) is 11.3 Å². The zero-order chi connectivity index (χ0) is 16.4. The molecule has 2 aromatic rings. The summed E-state index contributed by atoms with van der Waals surface area (Å²) in [6.07, 6.45) is 5.76. The molecule has 0 unspecified atom stereocenters. The van der Waals surface area contributed by atoms with E-state index in [1.807, 2.05) is 28.9 Å². The average Bonchev–Trinajstić information content (AvgIpc) is 3.20. The molecule has 1 N–H and O–H groups in total. The third-order valence-corrected chi connectivity index (χ3v) is 4.56. The van der Waals surface area contributed by atoms with Crippen molar-refractivity contribution in [2.24, 2.45) is 0 Å². The van der Waals surface area contributed by atoms with Crippen molar-refractivity contribution in [3.05, 3.63) is 29.0 Å². The molecule has 2 amide bonds. The van der Waals surface area contributed by atoms with Crippen LogP contribution in [0, 0.1) is 6.92 Å². The Hall–Kier alpha value is -2.22. The van der Waals surface area contributed by atoms with Gasteiger partial charge in [0.05, 0.1) is 18.8 Å². The molecule has 1 aliphatic rings. The van der Waals surface area contributed by atoms with Crippen LogP contribution in [0.25, 0.3) is 0 Å². The van der Waals surface area contributed by atoms with Gasteiger partial charge in [0.25, 0.3) is 5.91 Å². The maximum atomic E-state index is 12.7. The number of likely N-dealkylation sites (tertiary alicyclic amines) is 1. The molecule has 0 saturated carbocycles. The quantitative estimate of drug-likeness (QED) is 0.927. The first-order chi connectivity index (χ1) is 11.0. The van der Waals surface area contributed by atoms with E-state index in [2.05, 4.69) is 15.4 Å². The first kappa shape index (κ1) is 15.7. The molecule has 7 nitrogen and oxygen atoms in total. The molecule has 0 aromatic carbocycles. The van der Waals surface area contributed by atoms with Crippen LogP contribution < -0.4 is 5.32 Å². The summed E-state index contributed by atoms with van der Waals surface area (Å²) in [5.41, 5.74) is 1.50. The summed E-state index contributed by atoms with van der Waals surface area (Å²) in [6.45, 7) is 4.85. The number of aryl methyl sites for hydroxylation is 1. The highest BCUT2D eigenvalue weighted by molar-refractivity contribution is 7.14. The third kappa shape index (κ3) is 3.58. The summed E-state index contributed by atoms with van der Waals surface area (Å²) in [5, 5.41) is 9.06. The normalized spacial score (nSPS) is 17.5. The zero-order valence-corrected chi connectivity index (χ0v) is 14.0. The zero-order valence-electron chi connectivity index (χ0n) is 13.2. The van der Waals surface area contributed by atoms with E-state index in [-0.39, 0.29) is 17.9 Å². The highest BCUT2D eigenvalue weighted by Crippen LogP contribution is 2.23. The Bertz CT molecular complexity index is 723. The predicted octanol–water partition coefficient (Wildman–Crippen LogP) is 1.91. The summed E-state index contributed by atoms with van der Waals surface area (Å²) in [6, 6.07) is 0.132. The number of amides is 2. The highest BCUT2D eigenvalue weighted by atomic mass is 32.1. The SMILES string of the molecule is CC(=O)Nc1nc(C(=O)N2CCC[C@@H]2Cn2cc(C)cn2)cs1. The van der Waals surface area contributed by atoms with Gasteiger partial charge in [0.2, 0.25) is 5.91 Å². The van der Waals surface area contributed by atoms with Crippen LogP contribution in [-0.4, -0.2) is 44.1 Å². The molecule has 1 atom stereocenters. The molecule has 1 fully saturated rings. The lowest BCUT2D eigenvalue weighted by Crippen LogP contribution is -2.38. The Morgan fingerprint density at radius 2 is 2.30 bits per heavy atom. The minimum absolute atomic E-state index is 0.0794. The third-order valence-electron chi connectivity index (χ3n) is 3.80. The van der Waals surface area contributed by atoms with Crippen molar-refractivity contribution in [3.63, 3.8) is 0 Å². The van der Waals surface area contributed by atoms with Gasteiger partial charge in [-0.05, 0) is 25.3 Å². The number of rotatable bonds is 4. The molecule has 3 rings (SSSR count). The van der Waals surface area contributed by atoms with Crippen molar-refractivity contribution >= 4 is 28.3 Å². The topological polar surface area (TPSA) is 80.1 Å². The number of hydrogen-bond acceptors (Lipinski definition) is 5. The van der Waals surface area contributed by atoms with Crippen LogP contribution in [0.2, 0.25) is 0 Å². The van der Waals surface area contributed by atoms with E-state index < -0.39 is 0 Å². The fourth-order valence-electron chi connectivity index (χ4n) is 2.80. The molecular weight excluding hydrogens is 314 g/mol. The van der Waals surface area contributed by atoms with Crippen LogP contribution in [0.3, 0.4) is 0 Å². The second-order valence-corrected chi connectivity index (χ2v) is 6.61. The molecule has 3 heterocycles. The summed E-state index contributed by atoms with van der Waals surface area (Å²) >= 11 is 1.27. The van der Waals surface area contributed by atoms with E-state index in [0.29, 0.717) is 17.4 Å². The minimum Gasteiger partial charge on any atom is -0.332 e. The van der Waals surface area contributed by atoms with Gasteiger partial charge < -0.3 is 10.2 Å². The first-order valence-corrected chi connectivity index (χ1v) is 8.44. The number of hydrogen-bond donors (Lipinski definition) is 1. The highest BCUT2D eigenvalue weighted by Gasteiger charge is 2.31. The van der Waals surface area contributed by atoms with Crippen molar-refractivity contribution < 1.29 is 9.59 Å². The van der Waals surface area contributed by atoms with Gasteiger partial charge in [-0.2, -0.15) is 5.10 Å². The van der Waals surface area contributed by atoms with Gasteiger partial charge in [-0.25, -0.2) is 4.98 Å². The summed E-state index contributed by atoms with van der Waals surface area (Å²) < 4.78 is 1.88. The smallest absolute Gasteiger partial charge is 0.273 e. The molecule has 1 saturated heterocycles. The Labute approximate surface area is 138 Å². The van der Waals surface area contributed by atoms with E-state index >= 15 is 0 Å². The summed E-state index contributed by atoms with van der Waals surface area (Å²) in [5.74, 6) is -0.268. The molecule has 8 heteroatoms. The molecule has 23 heavy (non-hydrogen) atoms. The molecule has 1 aliphatic heterocycles. The number of carbonyl (C=O) groups is 2. The van der Waals surface area contributed by atoms with Crippen LogP contribution in [0.1, 0.15) is 35.8 Å². The van der Waals surface area contributed by atoms with E-state index in [1.165, 1.54) is 18.3 Å². The molecule has 0 bridgehead atoms. The number of nitrogens with one attached hydrogen (secondary N) is 1. The Morgan fingerprint density at radius 1 is 1.48 bits per heavy atom. The van der Waals surface area contributed by atoms with Crippen LogP contribution in [0.4, 0.5) is 5.13 Å². The number of aromatic nitrogens is 3. The number of anilines is 1. The molecule has 2 aromatic heterocycles. The maximum absolute atomic E-state index is 12.7. The van der Waals surface area contributed by atoms with Gasteiger partial charge in [-0.1, -0.05) is 0 Å². The summed E-state index contributed by atoms with van der Waals surface area (Å²) in [4.78, 5) is 29.8. The van der Waals surface area contributed by atoms with Crippen LogP contribution >= 0.6 is 11.3 Å². The Morgan fingerprint density at radius 3 is 3.00 bits per heavy atom. The lowest BCUT2D eigenvalue weighted by molar-refractivity contribution is -0.114. The maximum Gasteiger partial charge on any atom is 0.273 e. The first-order valence-electron chi connectivity index (χ1n) is 7.56. The molecule has 0 radical (unpaired) electrons. The Balaban J connectivity index is 1.70. The number of nitrogens with zero attached hydrogens (tertiary/aromatic N) is 4. The largest absolute Gasteiger partial charge is 0.332 e. The van der Waals surface area contributed by atoms with Gasteiger partial charge in [-0.3, -0.25) is 14.3 Å². The van der Waals surface area contributed by atoms with Crippen molar-refractivity contribution in [1.82, 2.24) is 19.7 Å². The minimum atomic E-state index is -0.188. The molecule has 0 spiro atoms. The van der Waals surface area contributed by atoms with Gasteiger partial charge >= 0.3 is 0 Å². The second kappa shape index (κ2) is 6.49. The van der Waals surface area contributed by atoms with Crippen molar-refractivity contribution in [2.75, 3.05) is 11.9 Å². The van der Waals surface area contributed by atoms with Crippen molar-refractivity contribution in [1.29, 1.82) is 0 Å². The fraction of sp³-hybridized carbons (Fsp3) is 0.467. The van der Waals surface area contributed by atoms with E-state index in [1.54, 1.807) is 5.38 Å². The van der Waals surface area contributed by atoms with Crippen molar-refractivity contribution in [3.8, 4) is 0 Å².